The summed E-state index contributed by atoms with van der Waals surface area (Å²) in [6, 6.07) is 14.6. The molecule has 3 rings (SSSR count). The van der Waals surface area contributed by atoms with E-state index in [2.05, 4.69) is 10.3 Å². The Hall–Kier alpha value is -3.47. The summed E-state index contributed by atoms with van der Waals surface area (Å²) in [7, 11) is 0. The molecule has 0 saturated heterocycles. The van der Waals surface area contributed by atoms with E-state index in [9.17, 15) is 9.59 Å². The Balaban J connectivity index is 1.67. The molecule has 0 aliphatic carbocycles. The number of aromatic nitrogens is 2. The van der Waals surface area contributed by atoms with E-state index in [1.807, 2.05) is 35.0 Å². The van der Waals surface area contributed by atoms with Crippen LogP contribution in [-0.4, -0.2) is 21.2 Å². The number of carbonyl (C=O) groups is 2. The van der Waals surface area contributed by atoms with Gasteiger partial charge in [0.1, 0.15) is 0 Å². The SMILES string of the molecule is CC(=O)Nc1ccc(C=CC(=O)c2ccc(-n3ccnc3)cc2)cc1. The van der Waals surface area contributed by atoms with Gasteiger partial charge >= 0.3 is 0 Å². The Morgan fingerprint density at radius 1 is 1.04 bits per heavy atom. The van der Waals surface area contributed by atoms with Crippen LogP contribution in [0.25, 0.3) is 11.8 Å². The number of imidazole rings is 1. The third-order valence-corrected chi connectivity index (χ3v) is 3.61. The summed E-state index contributed by atoms with van der Waals surface area (Å²) in [5, 5.41) is 2.70. The summed E-state index contributed by atoms with van der Waals surface area (Å²) < 4.78 is 1.88. The van der Waals surface area contributed by atoms with E-state index in [1.165, 1.54) is 6.92 Å². The summed E-state index contributed by atoms with van der Waals surface area (Å²) in [6.45, 7) is 1.46. The van der Waals surface area contributed by atoms with Gasteiger partial charge in [0, 0.05) is 36.3 Å². The quantitative estimate of drug-likeness (QED) is 0.572. The highest BCUT2D eigenvalue weighted by atomic mass is 16.1. The smallest absolute Gasteiger partial charge is 0.221 e. The molecule has 1 heterocycles. The number of benzene rings is 2. The number of nitrogens with one attached hydrogen (secondary N) is 1. The number of carbonyl (C=O) groups excluding carboxylic acids is 2. The number of amides is 1. The van der Waals surface area contributed by atoms with Crippen LogP contribution in [0, 0.1) is 0 Å². The van der Waals surface area contributed by atoms with Crippen molar-refractivity contribution in [3.63, 3.8) is 0 Å². The van der Waals surface area contributed by atoms with Gasteiger partial charge in [0.25, 0.3) is 0 Å². The van der Waals surface area contributed by atoms with Gasteiger partial charge in [0.15, 0.2) is 5.78 Å². The average Bonchev–Trinajstić information content (AvgIpc) is 3.15. The van der Waals surface area contributed by atoms with Gasteiger partial charge in [-0.05, 0) is 48.0 Å². The van der Waals surface area contributed by atoms with E-state index in [1.54, 1.807) is 48.9 Å². The summed E-state index contributed by atoms with van der Waals surface area (Å²) in [5.74, 6) is -0.180. The molecule has 0 radical (unpaired) electrons. The second-order valence-corrected chi connectivity index (χ2v) is 5.52. The molecule has 0 aliphatic heterocycles. The molecule has 25 heavy (non-hydrogen) atoms. The molecule has 0 fully saturated rings. The third-order valence-electron chi connectivity index (χ3n) is 3.61. The number of hydrogen-bond acceptors (Lipinski definition) is 3. The standard InChI is InChI=1S/C20H17N3O2/c1-15(24)22-18-7-2-16(3-8-18)4-11-20(25)17-5-9-19(10-6-17)23-13-12-21-14-23/h2-14H,1H3,(H,22,24). The zero-order valence-corrected chi connectivity index (χ0v) is 13.7. The fourth-order valence-corrected chi connectivity index (χ4v) is 2.36. The van der Waals surface area contributed by atoms with E-state index in [-0.39, 0.29) is 11.7 Å². The lowest BCUT2D eigenvalue weighted by Crippen LogP contribution is -2.05. The number of ketones is 1. The summed E-state index contributed by atoms with van der Waals surface area (Å²) in [5.41, 5.74) is 3.19. The molecule has 0 spiro atoms. The van der Waals surface area contributed by atoms with Crippen molar-refractivity contribution in [2.75, 3.05) is 5.32 Å². The molecule has 0 saturated carbocycles. The van der Waals surface area contributed by atoms with Gasteiger partial charge < -0.3 is 9.88 Å². The van der Waals surface area contributed by atoms with Crippen LogP contribution in [0.5, 0.6) is 0 Å². The van der Waals surface area contributed by atoms with Crippen molar-refractivity contribution in [1.29, 1.82) is 0 Å². The van der Waals surface area contributed by atoms with E-state index in [0.29, 0.717) is 5.56 Å². The lowest BCUT2D eigenvalue weighted by molar-refractivity contribution is -0.114. The average molecular weight is 331 g/mol. The lowest BCUT2D eigenvalue weighted by atomic mass is 10.1. The molecular formula is C20H17N3O2. The zero-order chi connectivity index (χ0) is 17.6. The molecule has 0 bridgehead atoms. The first-order valence-electron chi connectivity index (χ1n) is 7.80. The largest absolute Gasteiger partial charge is 0.326 e. The van der Waals surface area contributed by atoms with Crippen molar-refractivity contribution >= 4 is 23.5 Å². The Kier molecular flexibility index (Phi) is 4.85. The summed E-state index contributed by atoms with van der Waals surface area (Å²) in [4.78, 5) is 27.3. The molecule has 0 unspecified atom stereocenters. The van der Waals surface area contributed by atoms with Gasteiger partial charge in [-0.25, -0.2) is 4.98 Å². The first-order valence-corrected chi connectivity index (χ1v) is 7.80. The van der Waals surface area contributed by atoms with Crippen molar-refractivity contribution in [2.45, 2.75) is 6.92 Å². The van der Waals surface area contributed by atoms with Crippen molar-refractivity contribution in [3.8, 4) is 5.69 Å². The number of hydrogen-bond donors (Lipinski definition) is 1. The Labute approximate surface area is 145 Å². The number of anilines is 1. The zero-order valence-electron chi connectivity index (χ0n) is 13.7. The minimum Gasteiger partial charge on any atom is -0.326 e. The molecule has 1 aromatic heterocycles. The van der Waals surface area contributed by atoms with Crippen LogP contribution in [0.2, 0.25) is 0 Å². The van der Waals surface area contributed by atoms with Crippen LogP contribution in [-0.2, 0) is 4.79 Å². The normalized spacial score (nSPS) is 10.8. The topological polar surface area (TPSA) is 64.0 Å². The maximum atomic E-state index is 12.3. The molecule has 0 atom stereocenters. The minimum absolute atomic E-state index is 0.0666. The van der Waals surface area contributed by atoms with E-state index in [0.717, 1.165) is 16.9 Å². The Morgan fingerprint density at radius 2 is 1.76 bits per heavy atom. The number of rotatable bonds is 5. The second-order valence-electron chi connectivity index (χ2n) is 5.52. The maximum absolute atomic E-state index is 12.3. The number of nitrogens with zero attached hydrogens (tertiary/aromatic N) is 2. The van der Waals surface area contributed by atoms with E-state index >= 15 is 0 Å². The molecule has 5 heteroatoms. The minimum atomic E-state index is -0.113. The molecule has 1 amide bonds. The van der Waals surface area contributed by atoms with Crippen molar-refractivity contribution in [3.05, 3.63) is 84.5 Å². The predicted octanol–water partition coefficient (Wildman–Crippen LogP) is 3.73. The lowest BCUT2D eigenvalue weighted by Gasteiger charge is -2.03. The van der Waals surface area contributed by atoms with Gasteiger partial charge in [-0.2, -0.15) is 0 Å². The first kappa shape index (κ1) is 16.4. The van der Waals surface area contributed by atoms with E-state index < -0.39 is 0 Å². The second kappa shape index (κ2) is 7.40. The van der Waals surface area contributed by atoms with Crippen LogP contribution in [0.1, 0.15) is 22.8 Å². The van der Waals surface area contributed by atoms with Crippen LogP contribution in [0.15, 0.2) is 73.3 Å². The third kappa shape index (κ3) is 4.29. The van der Waals surface area contributed by atoms with Gasteiger partial charge in [0.2, 0.25) is 5.91 Å². The molecule has 3 aromatic rings. The molecule has 0 aliphatic rings. The summed E-state index contributed by atoms with van der Waals surface area (Å²) >= 11 is 0. The van der Waals surface area contributed by atoms with Crippen molar-refractivity contribution < 1.29 is 9.59 Å². The Morgan fingerprint density at radius 3 is 2.36 bits per heavy atom. The van der Waals surface area contributed by atoms with Crippen LogP contribution < -0.4 is 5.32 Å². The number of allylic oxidation sites excluding steroid dienone is 1. The maximum Gasteiger partial charge on any atom is 0.221 e. The Bertz CT molecular complexity index is 893. The van der Waals surface area contributed by atoms with Gasteiger partial charge in [0.05, 0.1) is 6.33 Å². The van der Waals surface area contributed by atoms with Crippen LogP contribution >= 0.6 is 0 Å². The van der Waals surface area contributed by atoms with Gasteiger partial charge in [-0.15, -0.1) is 0 Å². The van der Waals surface area contributed by atoms with Gasteiger partial charge in [-0.1, -0.05) is 18.2 Å². The van der Waals surface area contributed by atoms with Crippen LogP contribution in [0.4, 0.5) is 5.69 Å². The molecular weight excluding hydrogens is 314 g/mol. The molecule has 1 N–H and O–H groups in total. The highest BCUT2D eigenvalue weighted by molar-refractivity contribution is 6.06. The van der Waals surface area contributed by atoms with Gasteiger partial charge in [-0.3, -0.25) is 9.59 Å². The fourth-order valence-electron chi connectivity index (χ4n) is 2.36. The summed E-state index contributed by atoms with van der Waals surface area (Å²) in [6.07, 6.45) is 8.56. The molecule has 5 nitrogen and oxygen atoms in total. The first-order chi connectivity index (χ1) is 12.1. The van der Waals surface area contributed by atoms with Crippen molar-refractivity contribution in [1.82, 2.24) is 9.55 Å². The van der Waals surface area contributed by atoms with Crippen molar-refractivity contribution in [2.24, 2.45) is 0 Å². The monoisotopic (exact) mass is 331 g/mol. The highest BCUT2D eigenvalue weighted by Gasteiger charge is 2.03. The fraction of sp³-hybridized carbons (Fsp3) is 0.0500. The molecule has 124 valence electrons. The molecule has 2 aromatic carbocycles. The van der Waals surface area contributed by atoms with Crippen LogP contribution in [0.3, 0.4) is 0 Å². The van der Waals surface area contributed by atoms with E-state index in [4.69, 9.17) is 0 Å². The predicted molar refractivity (Wildman–Crippen MR) is 97.7 cm³/mol. The highest BCUT2D eigenvalue weighted by Crippen LogP contribution is 2.13.